The predicted molar refractivity (Wildman–Crippen MR) is 99.4 cm³/mol. The molecule has 2 aliphatic rings. The molecule has 136 valence electrons. The molecule has 0 N–H and O–H groups in total. The van der Waals surface area contributed by atoms with Gasteiger partial charge in [-0.15, -0.1) is 0 Å². The maximum absolute atomic E-state index is 13.0. The summed E-state index contributed by atoms with van der Waals surface area (Å²) in [6.45, 7) is 1.60. The van der Waals surface area contributed by atoms with Crippen LogP contribution in [0.4, 0.5) is 5.82 Å². The van der Waals surface area contributed by atoms with E-state index in [0.29, 0.717) is 19.7 Å². The Morgan fingerprint density at radius 2 is 2.00 bits per heavy atom. The molecule has 6 heteroatoms. The quantitative estimate of drug-likeness (QED) is 0.848. The summed E-state index contributed by atoms with van der Waals surface area (Å²) in [6, 6.07) is 6.15. The van der Waals surface area contributed by atoms with Crippen LogP contribution in [-0.4, -0.2) is 54.6 Å². The van der Waals surface area contributed by atoms with Gasteiger partial charge in [-0.2, -0.15) is 0 Å². The highest BCUT2D eigenvalue weighted by Gasteiger charge is 2.29. The third-order valence-corrected chi connectivity index (χ3v) is 5.13. The molecule has 26 heavy (non-hydrogen) atoms. The van der Waals surface area contributed by atoms with Crippen molar-refractivity contribution in [2.75, 3.05) is 38.7 Å². The molecular weight excluding hydrogens is 328 g/mol. The first kappa shape index (κ1) is 17.0. The average molecular weight is 352 g/mol. The largest absolute Gasteiger partial charge is 0.368 e. The number of rotatable bonds is 3. The zero-order valence-corrected chi connectivity index (χ0v) is 15.3. The number of aryl methyl sites for hydroxylation is 2. The molecule has 1 saturated heterocycles. The molecule has 1 fully saturated rings. The second-order valence-electron chi connectivity index (χ2n) is 7.11. The van der Waals surface area contributed by atoms with Crippen molar-refractivity contribution < 1.29 is 9.53 Å². The van der Waals surface area contributed by atoms with E-state index in [2.05, 4.69) is 22.1 Å². The number of fused-ring (bicyclic) bond motifs is 1. The zero-order chi connectivity index (χ0) is 18.1. The number of anilines is 1. The van der Waals surface area contributed by atoms with Gasteiger partial charge in [0.2, 0.25) is 0 Å². The molecule has 0 bridgehead atoms. The summed E-state index contributed by atoms with van der Waals surface area (Å²) in [5.41, 5.74) is 4.27. The predicted octanol–water partition coefficient (Wildman–Crippen LogP) is 2.25. The number of hydrogen-bond donors (Lipinski definition) is 0. The van der Waals surface area contributed by atoms with E-state index in [1.165, 1.54) is 17.5 Å². The summed E-state index contributed by atoms with van der Waals surface area (Å²) in [5, 5.41) is 0. The molecule has 0 saturated carbocycles. The van der Waals surface area contributed by atoms with E-state index in [1.807, 2.05) is 30.0 Å². The van der Waals surface area contributed by atoms with Crippen LogP contribution in [0.5, 0.6) is 0 Å². The van der Waals surface area contributed by atoms with Gasteiger partial charge in [0.05, 0.1) is 13.2 Å². The first-order valence-corrected chi connectivity index (χ1v) is 9.14. The van der Waals surface area contributed by atoms with Gasteiger partial charge in [0, 0.05) is 38.6 Å². The number of morpholine rings is 1. The summed E-state index contributed by atoms with van der Waals surface area (Å²) in [7, 11) is 3.87. The molecule has 2 aromatic rings. The summed E-state index contributed by atoms with van der Waals surface area (Å²) >= 11 is 0. The maximum Gasteiger partial charge on any atom is 0.254 e. The van der Waals surface area contributed by atoms with Crippen molar-refractivity contribution in [3.63, 3.8) is 0 Å². The lowest BCUT2D eigenvalue weighted by atomic mass is 10.0. The van der Waals surface area contributed by atoms with Gasteiger partial charge < -0.3 is 14.5 Å². The molecule has 6 nitrogen and oxygen atoms in total. The Morgan fingerprint density at radius 3 is 2.85 bits per heavy atom. The highest BCUT2D eigenvalue weighted by atomic mass is 16.5. The Bertz CT molecular complexity index is 821. The number of carbonyl (C=O) groups is 1. The Balaban J connectivity index is 1.55. The smallest absolute Gasteiger partial charge is 0.254 e. The summed E-state index contributed by atoms with van der Waals surface area (Å²) < 4.78 is 5.92. The molecule has 0 spiro atoms. The van der Waals surface area contributed by atoms with E-state index in [-0.39, 0.29) is 12.0 Å². The fourth-order valence-corrected chi connectivity index (χ4v) is 3.80. The van der Waals surface area contributed by atoms with Crippen LogP contribution in [0.3, 0.4) is 0 Å². The normalized spacial score (nSPS) is 19.3. The summed E-state index contributed by atoms with van der Waals surface area (Å²) in [5.74, 6) is 0.854. The molecule has 4 rings (SSSR count). The number of benzene rings is 1. The van der Waals surface area contributed by atoms with E-state index in [1.54, 1.807) is 12.4 Å². The van der Waals surface area contributed by atoms with Gasteiger partial charge in [0.25, 0.3) is 5.91 Å². The van der Waals surface area contributed by atoms with E-state index in [4.69, 9.17) is 4.74 Å². The van der Waals surface area contributed by atoms with Crippen LogP contribution < -0.4 is 4.90 Å². The minimum Gasteiger partial charge on any atom is -0.368 e. The Kier molecular flexibility index (Phi) is 4.59. The van der Waals surface area contributed by atoms with Crippen molar-refractivity contribution in [1.29, 1.82) is 0 Å². The zero-order valence-electron chi connectivity index (χ0n) is 15.3. The minimum absolute atomic E-state index is 0.0725. The minimum atomic E-state index is -0.256. The van der Waals surface area contributed by atoms with Gasteiger partial charge in [0.1, 0.15) is 11.8 Å². The Hall–Kier alpha value is -2.47. The second kappa shape index (κ2) is 7.03. The van der Waals surface area contributed by atoms with Crippen molar-refractivity contribution in [2.45, 2.75) is 25.4 Å². The lowest BCUT2D eigenvalue weighted by molar-refractivity contribution is -0.0246. The van der Waals surface area contributed by atoms with Crippen molar-refractivity contribution in [3.05, 3.63) is 53.0 Å². The van der Waals surface area contributed by atoms with Gasteiger partial charge in [-0.3, -0.25) is 9.78 Å². The first-order chi connectivity index (χ1) is 12.6. The standard InChI is InChI=1S/C20H24N4O2/c1-23(2)19-18(21-8-9-22-19)17-13-24(10-11-26-17)20(25)16-7-6-14-4-3-5-15(14)12-16/h6-9,12,17H,3-5,10-11,13H2,1-2H3/t17-/m0/s1. The second-order valence-corrected chi connectivity index (χ2v) is 7.11. The molecule has 1 amide bonds. The lowest BCUT2D eigenvalue weighted by Gasteiger charge is -2.33. The van der Waals surface area contributed by atoms with Crippen molar-refractivity contribution in [2.24, 2.45) is 0 Å². The van der Waals surface area contributed by atoms with Crippen LogP contribution in [-0.2, 0) is 17.6 Å². The van der Waals surface area contributed by atoms with Crippen LogP contribution in [0, 0.1) is 0 Å². The van der Waals surface area contributed by atoms with E-state index in [9.17, 15) is 4.79 Å². The van der Waals surface area contributed by atoms with Crippen molar-refractivity contribution in [3.8, 4) is 0 Å². The van der Waals surface area contributed by atoms with Gasteiger partial charge in [-0.1, -0.05) is 6.07 Å². The fourth-order valence-electron chi connectivity index (χ4n) is 3.80. The number of amides is 1. The SMILES string of the molecule is CN(C)c1nccnc1[C@@H]1CN(C(=O)c2ccc3c(c2)CCC3)CCO1. The highest BCUT2D eigenvalue weighted by Crippen LogP contribution is 2.28. The molecule has 1 aliphatic carbocycles. The van der Waals surface area contributed by atoms with Crippen LogP contribution >= 0.6 is 0 Å². The number of carbonyl (C=O) groups excluding carboxylic acids is 1. The van der Waals surface area contributed by atoms with Gasteiger partial charge in [-0.05, 0) is 42.5 Å². The lowest BCUT2D eigenvalue weighted by Crippen LogP contribution is -2.42. The van der Waals surface area contributed by atoms with E-state index in [0.717, 1.165) is 29.9 Å². The number of nitrogens with zero attached hydrogens (tertiary/aromatic N) is 4. The number of aromatic nitrogens is 2. The van der Waals surface area contributed by atoms with Crippen LogP contribution in [0.25, 0.3) is 0 Å². The molecule has 1 atom stereocenters. The molecule has 1 aromatic carbocycles. The van der Waals surface area contributed by atoms with E-state index < -0.39 is 0 Å². The van der Waals surface area contributed by atoms with Crippen molar-refractivity contribution >= 4 is 11.7 Å². The Labute approximate surface area is 153 Å². The van der Waals surface area contributed by atoms with Crippen LogP contribution in [0.1, 0.15) is 39.7 Å². The number of hydrogen-bond acceptors (Lipinski definition) is 5. The topological polar surface area (TPSA) is 58.6 Å². The molecule has 1 aromatic heterocycles. The average Bonchev–Trinajstić information content (AvgIpc) is 3.15. The first-order valence-electron chi connectivity index (χ1n) is 9.14. The molecule has 2 heterocycles. The van der Waals surface area contributed by atoms with Gasteiger partial charge in [0.15, 0.2) is 5.82 Å². The summed E-state index contributed by atoms with van der Waals surface area (Å²) in [4.78, 5) is 25.7. The molecular formula is C20H24N4O2. The fraction of sp³-hybridized carbons (Fsp3) is 0.450. The molecule has 1 aliphatic heterocycles. The maximum atomic E-state index is 13.0. The van der Waals surface area contributed by atoms with E-state index >= 15 is 0 Å². The molecule has 0 unspecified atom stereocenters. The summed E-state index contributed by atoms with van der Waals surface area (Å²) in [6.07, 6.45) is 6.49. The number of ether oxygens (including phenoxy) is 1. The highest BCUT2D eigenvalue weighted by molar-refractivity contribution is 5.94. The van der Waals surface area contributed by atoms with Gasteiger partial charge in [-0.25, -0.2) is 4.98 Å². The van der Waals surface area contributed by atoms with Crippen LogP contribution in [0.2, 0.25) is 0 Å². The molecule has 0 radical (unpaired) electrons. The third kappa shape index (κ3) is 3.17. The van der Waals surface area contributed by atoms with Crippen LogP contribution in [0.15, 0.2) is 30.6 Å². The van der Waals surface area contributed by atoms with Crippen molar-refractivity contribution in [1.82, 2.24) is 14.9 Å². The monoisotopic (exact) mass is 352 g/mol. The van der Waals surface area contributed by atoms with Gasteiger partial charge >= 0.3 is 0 Å². The third-order valence-electron chi connectivity index (χ3n) is 5.13. The Morgan fingerprint density at radius 1 is 1.19 bits per heavy atom.